The molecule has 0 bridgehead atoms. The van der Waals surface area contributed by atoms with E-state index < -0.39 is 5.83 Å². The van der Waals surface area contributed by atoms with Gasteiger partial charge < -0.3 is 19.9 Å². The average Bonchev–Trinajstić information content (AvgIpc) is 2.88. The molecule has 1 aliphatic carbocycles. The lowest BCUT2D eigenvalue weighted by Crippen LogP contribution is -2.43. The summed E-state index contributed by atoms with van der Waals surface area (Å²) in [6.45, 7) is 10.7. The normalized spacial score (nSPS) is 18.7. The Morgan fingerprint density at radius 2 is 1.86 bits per heavy atom. The highest BCUT2D eigenvalue weighted by atomic mass is 35.5. The van der Waals surface area contributed by atoms with Crippen molar-refractivity contribution in [3.05, 3.63) is 88.7 Å². The van der Waals surface area contributed by atoms with Gasteiger partial charge in [0.25, 0.3) is 0 Å². The first kappa shape index (κ1) is 28.6. The van der Waals surface area contributed by atoms with E-state index in [1.807, 2.05) is 69.6 Å². The molecular formula is C30H38ClFN4O. The van der Waals surface area contributed by atoms with Crippen LogP contribution in [0, 0.1) is 0 Å². The van der Waals surface area contributed by atoms with Gasteiger partial charge in [-0.05, 0) is 56.4 Å². The standard InChI is InChI=1S/C29H34ClFN4O.CH4/c1-20(35-16-13-32-14-17-35)25-19-26(30)27(24-12-7-10-22-9-5-6-11-23(22)24)28(31)29(25)33-21(2)36-18-8-15-34(3)4;/h5-7,9-12,19,32H,2,8,13-18H2,1,3-4H3;1H4/b25-20+,33-29+;. The van der Waals surface area contributed by atoms with E-state index in [0.717, 1.165) is 61.2 Å². The Morgan fingerprint density at radius 3 is 2.59 bits per heavy atom. The minimum atomic E-state index is -0.471. The number of nitrogens with zero attached hydrogens (tertiary/aromatic N) is 3. The summed E-state index contributed by atoms with van der Waals surface area (Å²) in [6, 6.07) is 13.7. The van der Waals surface area contributed by atoms with Gasteiger partial charge in [-0.25, -0.2) is 9.38 Å². The highest BCUT2D eigenvalue weighted by molar-refractivity contribution is 6.41. The summed E-state index contributed by atoms with van der Waals surface area (Å²) in [4.78, 5) is 8.89. The predicted octanol–water partition coefficient (Wildman–Crippen LogP) is 6.35. The molecule has 1 N–H and O–H groups in total. The fraction of sp³-hybridized carbons (Fsp3) is 0.367. The Labute approximate surface area is 225 Å². The third-order valence-electron chi connectivity index (χ3n) is 6.49. The zero-order chi connectivity index (χ0) is 25.7. The molecule has 0 radical (unpaired) electrons. The van der Waals surface area contributed by atoms with Crippen LogP contribution in [-0.4, -0.2) is 68.9 Å². The van der Waals surface area contributed by atoms with Crippen molar-refractivity contribution in [2.24, 2.45) is 4.99 Å². The fourth-order valence-corrected chi connectivity index (χ4v) is 4.88. The Kier molecular flexibility index (Phi) is 10.1. The molecule has 0 spiro atoms. The number of piperazine rings is 1. The van der Waals surface area contributed by atoms with Gasteiger partial charge in [0.2, 0.25) is 5.88 Å². The fourth-order valence-electron chi connectivity index (χ4n) is 4.58. The summed E-state index contributed by atoms with van der Waals surface area (Å²) >= 11 is 6.81. The first-order chi connectivity index (χ1) is 17.4. The molecule has 7 heteroatoms. The molecule has 1 aliphatic heterocycles. The summed E-state index contributed by atoms with van der Waals surface area (Å²) in [5.41, 5.74) is 2.86. The molecular weight excluding hydrogens is 487 g/mol. The van der Waals surface area contributed by atoms with E-state index in [4.69, 9.17) is 16.3 Å². The van der Waals surface area contributed by atoms with E-state index in [1.165, 1.54) is 0 Å². The van der Waals surface area contributed by atoms with Crippen LogP contribution in [0.1, 0.15) is 26.3 Å². The molecule has 0 atom stereocenters. The third-order valence-corrected chi connectivity index (χ3v) is 6.79. The molecule has 5 nitrogen and oxygen atoms in total. The van der Waals surface area contributed by atoms with E-state index in [-0.39, 0.29) is 19.0 Å². The third kappa shape index (κ3) is 6.69. The van der Waals surface area contributed by atoms with Crippen LogP contribution in [0.15, 0.2) is 88.1 Å². The highest BCUT2D eigenvalue weighted by Crippen LogP contribution is 2.41. The van der Waals surface area contributed by atoms with E-state index in [9.17, 15) is 0 Å². The number of halogens is 2. The second kappa shape index (κ2) is 13.0. The molecule has 2 aromatic carbocycles. The van der Waals surface area contributed by atoms with Crippen LogP contribution in [0.3, 0.4) is 0 Å². The van der Waals surface area contributed by atoms with Crippen molar-refractivity contribution in [2.75, 3.05) is 53.4 Å². The van der Waals surface area contributed by atoms with E-state index >= 15 is 4.39 Å². The molecule has 1 saturated heterocycles. The van der Waals surface area contributed by atoms with Crippen molar-refractivity contribution in [3.63, 3.8) is 0 Å². The Morgan fingerprint density at radius 1 is 1.16 bits per heavy atom. The number of fused-ring (bicyclic) bond motifs is 1. The lowest BCUT2D eigenvalue weighted by Gasteiger charge is -2.32. The average molecular weight is 525 g/mol. The summed E-state index contributed by atoms with van der Waals surface area (Å²) in [5, 5.41) is 5.66. The monoisotopic (exact) mass is 524 g/mol. The van der Waals surface area contributed by atoms with Crippen molar-refractivity contribution < 1.29 is 9.13 Å². The van der Waals surface area contributed by atoms with Gasteiger partial charge >= 0.3 is 0 Å². The minimum absolute atomic E-state index is 0. The zero-order valence-corrected chi connectivity index (χ0v) is 22.0. The van der Waals surface area contributed by atoms with Gasteiger partial charge in [-0.1, -0.05) is 61.5 Å². The van der Waals surface area contributed by atoms with Crippen molar-refractivity contribution in [1.29, 1.82) is 0 Å². The lowest BCUT2D eigenvalue weighted by molar-refractivity contribution is 0.196. The summed E-state index contributed by atoms with van der Waals surface area (Å²) in [5.74, 6) is -0.283. The van der Waals surface area contributed by atoms with E-state index in [2.05, 4.69) is 26.7 Å². The van der Waals surface area contributed by atoms with Crippen LogP contribution in [0.4, 0.5) is 4.39 Å². The van der Waals surface area contributed by atoms with Crippen LogP contribution >= 0.6 is 11.6 Å². The molecule has 0 aromatic heterocycles. The minimum Gasteiger partial charge on any atom is -0.478 e. The van der Waals surface area contributed by atoms with Crippen molar-refractivity contribution in [1.82, 2.24) is 15.1 Å². The van der Waals surface area contributed by atoms with Crippen molar-refractivity contribution in [2.45, 2.75) is 20.8 Å². The SMILES string of the molecule is C.C=C(/N=C1/C(F)=C(c2cccc3ccccc23)C(Cl)=C/C1=C(/C)N1CCNCC1)OCCCN(C)C. The summed E-state index contributed by atoms with van der Waals surface area (Å²) in [6.07, 6.45) is 2.65. The van der Waals surface area contributed by atoms with Crippen LogP contribution in [0.25, 0.3) is 16.3 Å². The predicted molar refractivity (Wildman–Crippen MR) is 155 cm³/mol. The molecule has 4 rings (SSSR count). The Balaban J connectivity index is 0.00000380. The summed E-state index contributed by atoms with van der Waals surface area (Å²) < 4.78 is 22.2. The second-order valence-corrected chi connectivity index (χ2v) is 9.71. The molecule has 2 aromatic rings. The molecule has 198 valence electrons. The Hall–Kier alpha value is -2.93. The molecule has 0 unspecified atom stereocenters. The molecule has 1 heterocycles. The second-order valence-electron chi connectivity index (χ2n) is 9.30. The number of aliphatic imine (C=N–C) groups is 1. The van der Waals surface area contributed by atoms with Crippen LogP contribution < -0.4 is 5.32 Å². The molecule has 0 amide bonds. The largest absolute Gasteiger partial charge is 0.478 e. The zero-order valence-electron chi connectivity index (χ0n) is 21.3. The van der Waals surface area contributed by atoms with Gasteiger partial charge in [-0.2, -0.15) is 0 Å². The van der Waals surface area contributed by atoms with Gasteiger partial charge in [-0.15, -0.1) is 0 Å². The number of benzene rings is 2. The molecule has 2 aliphatic rings. The first-order valence-corrected chi connectivity index (χ1v) is 12.7. The Bertz CT molecular complexity index is 1250. The van der Waals surface area contributed by atoms with E-state index in [0.29, 0.717) is 22.8 Å². The van der Waals surface area contributed by atoms with Gasteiger partial charge in [-0.3, -0.25) is 0 Å². The summed E-state index contributed by atoms with van der Waals surface area (Å²) in [7, 11) is 4.02. The lowest BCUT2D eigenvalue weighted by atomic mass is 9.90. The van der Waals surface area contributed by atoms with Gasteiger partial charge in [0, 0.05) is 49.6 Å². The maximum atomic E-state index is 16.5. The molecule has 37 heavy (non-hydrogen) atoms. The van der Waals surface area contributed by atoms with Gasteiger partial charge in [0.1, 0.15) is 5.71 Å². The number of hydrogen-bond donors (Lipinski definition) is 1. The number of nitrogens with one attached hydrogen (secondary N) is 1. The smallest absolute Gasteiger partial charge is 0.206 e. The quantitative estimate of drug-likeness (QED) is 0.322. The maximum absolute atomic E-state index is 16.5. The highest BCUT2D eigenvalue weighted by Gasteiger charge is 2.29. The van der Waals surface area contributed by atoms with Crippen LogP contribution in [0.5, 0.6) is 0 Å². The van der Waals surface area contributed by atoms with E-state index in [1.54, 1.807) is 0 Å². The topological polar surface area (TPSA) is 40.1 Å². The van der Waals surface area contributed by atoms with Crippen LogP contribution in [0.2, 0.25) is 0 Å². The molecule has 0 saturated carbocycles. The number of rotatable bonds is 8. The van der Waals surface area contributed by atoms with Crippen molar-refractivity contribution >= 4 is 33.7 Å². The number of hydrogen-bond acceptors (Lipinski definition) is 5. The van der Waals surface area contributed by atoms with Crippen LogP contribution in [-0.2, 0) is 4.74 Å². The number of ether oxygens (including phenoxy) is 1. The van der Waals surface area contributed by atoms with Gasteiger partial charge in [0.15, 0.2) is 5.83 Å². The number of allylic oxidation sites excluding steroid dienone is 6. The first-order valence-electron chi connectivity index (χ1n) is 12.3. The van der Waals surface area contributed by atoms with Gasteiger partial charge in [0.05, 0.1) is 11.6 Å². The maximum Gasteiger partial charge on any atom is 0.206 e. The van der Waals surface area contributed by atoms with Crippen molar-refractivity contribution in [3.8, 4) is 0 Å². The molecule has 1 fully saturated rings.